The summed E-state index contributed by atoms with van der Waals surface area (Å²) < 4.78 is 12.1. The minimum absolute atomic E-state index is 0.337. The average Bonchev–Trinajstić information content (AvgIpc) is 2.29. The van der Waals surface area contributed by atoms with Crippen LogP contribution in [0.1, 0.15) is 59.8 Å². The Balaban J connectivity index is 2.51. The maximum Gasteiger partial charge on any atom is 0.169 e. The summed E-state index contributed by atoms with van der Waals surface area (Å²) in [5.41, 5.74) is 2.59. The standard InChI is InChI=1S/C16H28O2/c1-14(2)8-12-17-16(10-6-5-7-11-16)18-13-9-15(3)4/h8-9H,5-7,10-13H2,1-4H3. The summed E-state index contributed by atoms with van der Waals surface area (Å²) >= 11 is 0. The first-order valence-electron chi connectivity index (χ1n) is 7.09. The maximum absolute atomic E-state index is 6.04. The second kappa shape index (κ2) is 7.75. The SMILES string of the molecule is CC(C)=CCOC1(OCC=C(C)C)CCCCC1. The van der Waals surface area contributed by atoms with E-state index < -0.39 is 0 Å². The maximum atomic E-state index is 6.04. The van der Waals surface area contributed by atoms with Crippen molar-refractivity contribution >= 4 is 0 Å². The molecule has 0 aromatic carbocycles. The molecular formula is C16H28O2. The summed E-state index contributed by atoms with van der Waals surface area (Å²) in [6.07, 6.45) is 10.0. The van der Waals surface area contributed by atoms with Gasteiger partial charge in [-0.05, 0) is 40.5 Å². The van der Waals surface area contributed by atoms with E-state index in [1.54, 1.807) is 0 Å². The van der Waals surface area contributed by atoms with Crippen molar-refractivity contribution in [1.82, 2.24) is 0 Å². The Hall–Kier alpha value is -0.600. The van der Waals surface area contributed by atoms with Crippen LogP contribution in [0.3, 0.4) is 0 Å². The summed E-state index contributed by atoms with van der Waals surface area (Å²) in [5.74, 6) is -0.337. The van der Waals surface area contributed by atoms with Gasteiger partial charge in [-0.25, -0.2) is 0 Å². The third-order valence-electron chi connectivity index (χ3n) is 3.29. The minimum Gasteiger partial charge on any atom is -0.346 e. The van der Waals surface area contributed by atoms with Crippen LogP contribution in [-0.4, -0.2) is 19.0 Å². The Kier molecular flexibility index (Phi) is 6.66. The average molecular weight is 252 g/mol. The molecule has 0 N–H and O–H groups in total. The zero-order chi connectivity index (χ0) is 13.4. The van der Waals surface area contributed by atoms with Gasteiger partial charge >= 0.3 is 0 Å². The Labute approximate surface area is 112 Å². The number of allylic oxidation sites excluding steroid dienone is 2. The molecule has 0 radical (unpaired) electrons. The van der Waals surface area contributed by atoms with E-state index in [1.165, 1.54) is 30.4 Å². The van der Waals surface area contributed by atoms with Crippen LogP contribution in [0.4, 0.5) is 0 Å². The highest BCUT2D eigenvalue weighted by Crippen LogP contribution is 2.32. The lowest BCUT2D eigenvalue weighted by Gasteiger charge is -2.36. The minimum atomic E-state index is -0.337. The molecule has 0 aliphatic heterocycles. The molecule has 1 rings (SSSR count). The van der Waals surface area contributed by atoms with Crippen molar-refractivity contribution in [2.45, 2.75) is 65.6 Å². The molecule has 2 nitrogen and oxygen atoms in total. The Morgan fingerprint density at radius 3 is 1.67 bits per heavy atom. The molecule has 18 heavy (non-hydrogen) atoms. The molecule has 1 fully saturated rings. The lowest BCUT2D eigenvalue weighted by atomic mass is 9.94. The molecule has 0 bridgehead atoms. The van der Waals surface area contributed by atoms with Gasteiger partial charge in [0, 0.05) is 12.8 Å². The molecule has 0 saturated heterocycles. The largest absolute Gasteiger partial charge is 0.346 e. The molecule has 0 amide bonds. The smallest absolute Gasteiger partial charge is 0.169 e. The van der Waals surface area contributed by atoms with Gasteiger partial charge in [0.1, 0.15) is 0 Å². The Morgan fingerprint density at radius 2 is 1.28 bits per heavy atom. The van der Waals surface area contributed by atoms with E-state index in [2.05, 4.69) is 39.8 Å². The van der Waals surface area contributed by atoms with Crippen LogP contribution < -0.4 is 0 Å². The summed E-state index contributed by atoms with van der Waals surface area (Å²) in [7, 11) is 0. The molecule has 0 atom stereocenters. The van der Waals surface area contributed by atoms with Crippen LogP contribution in [-0.2, 0) is 9.47 Å². The van der Waals surface area contributed by atoms with E-state index in [1.807, 2.05) is 0 Å². The number of hydrogen-bond donors (Lipinski definition) is 0. The van der Waals surface area contributed by atoms with Gasteiger partial charge in [-0.2, -0.15) is 0 Å². The summed E-state index contributed by atoms with van der Waals surface area (Å²) in [6.45, 7) is 9.72. The second-order valence-electron chi connectivity index (χ2n) is 5.66. The normalized spacial score (nSPS) is 18.2. The van der Waals surface area contributed by atoms with Gasteiger partial charge < -0.3 is 9.47 Å². The molecule has 1 saturated carbocycles. The third-order valence-corrected chi connectivity index (χ3v) is 3.29. The third kappa shape index (κ3) is 5.83. The molecule has 1 aliphatic carbocycles. The van der Waals surface area contributed by atoms with E-state index in [0.717, 1.165) is 12.8 Å². The van der Waals surface area contributed by atoms with Crippen molar-refractivity contribution in [3.63, 3.8) is 0 Å². The van der Waals surface area contributed by atoms with Crippen LogP contribution in [0.15, 0.2) is 23.3 Å². The second-order valence-corrected chi connectivity index (χ2v) is 5.66. The fourth-order valence-corrected chi connectivity index (χ4v) is 2.14. The molecule has 0 unspecified atom stereocenters. The quantitative estimate of drug-likeness (QED) is 0.507. The first-order valence-corrected chi connectivity index (χ1v) is 7.09. The molecule has 2 heteroatoms. The first-order chi connectivity index (χ1) is 8.54. The van der Waals surface area contributed by atoms with E-state index in [0.29, 0.717) is 13.2 Å². The van der Waals surface area contributed by atoms with Gasteiger partial charge in [0.25, 0.3) is 0 Å². The summed E-state index contributed by atoms with van der Waals surface area (Å²) in [4.78, 5) is 0. The van der Waals surface area contributed by atoms with E-state index in [-0.39, 0.29) is 5.79 Å². The van der Waals surface area contributed by atoms with Crippen LogP contribution in [0.5, 0.6) is 0 Å². The van der Waals surface area contributed by atoms with Crippen LogP contribution in [0.25, 0.3) is 0 Å². The van der Waals surface area contributed by atoms with Gasteiger partial charge in [0.05, 0.1) is 13.2 Å². The lowest BCUT2D eigenvalue weighted by molar-refractivity contribution is -0.241. The van der Waals surface area contributed by atoms with Gasteiger partial charge in [0.15, 0.2) is 5.79 Å². The van der Waals surface area contributed by atoms with E-state index in [9.17, 15) is 0 Å². The summed E-state index contributed by atoms with van der Waals surface area (Å²) in [5, 5.41) is 0. The van der Waals surface area contributed by atoms with Crippen molar-refractivity contribution in [2.24, 2.45) is 0 Å². The molecule has 0 heterocycles. The Bertz CT molecular complexity index is 264. The number of rotatable bonds is 6. The highest BCUT2D eigenvalue weighted by molar-refractivity contribution is 4.95. The number of ether oxygens (including phenoxy) is 2. The number of hydrogen-bond acceptors (Lipinski definition) is 2. The van der Waals surface area contributed by atoms with Gasteiger partial charge in [-0.3, -0.25) is 0 Å². The van der Waals surface area contributed by atoms with Gasteiger partial charge in [0.2, 0.25) is 0 Å². The van der Waals surface area contributed by atoms with Crippen LogP contribution in [0, 0.1) is 0 Å². The van der Waals surface area contributed by atoms with Crippen molar-refractivity contribution < 1.29 is 9.47 Å². The van der Waals surface area contributed by atoms with E-state index in [4.69, 9.17) is 9.47 Å². The molecular weight excluding hydrogens is 224 g/mol. The van der Waals surface area contributed by atoms with E-state index >= 15 is 0 Å². The van der Waals surface area contributed by atoms with Crippen molar-refractivity contribution in [3.8, 4) is 0 Å². The Morgan fingerprint density at radius 1 is 0.833 bits per heavy atom. The molecule has 104 valence electrons. The molecule has 0 aromatic heterocycles. The summed E-state index contributed by atoms with van der Waals surface area (Å²) in [6, 6.07) is 0. The van der Waals surface area contributed by atoms with Crippen LogP contribution >= 0.6 is 0 Å². The fraction of sp³-hybridized carbons (Fsp3) is 0.750. The van der Waals surface area contributed by atoms with Crippen molar-refractivity contribution in [2.75, 3.05) is 13.2 Å². The highest BCUT2D eigenvalue weighted by Gasteiger charge is 2.33. The van der Waals surface area contributed by atoms with Crippen molar-refractivity contribution in [3.05, 3.63) is 23.3 Å². The monoisotopic (exact) mass is 252 g/mol. The molecule has 1 aliphatic rings. The molecule has 0 spiro atoms. The topological polar surface area (TPSA) is 18.5 Å². The molecule has 0 aromatic rings. The zero-order valence-corrected chi connectivity index (χ0v) is 12.4. The van der Waals surface area contributed by atoms with Gasteiger partial charge in [-0.1, -0.05) is 29.7 Å². The van der Waals surface area contributed by atoms with Crippen LogP contribution in [0.2, 0.25) is 0 Å². The highest BCUT2D eigenvalue weighted by atomic mass is 16.7. The fourth-order valence-electron chi connectivity index (χ4n) is 2.14. The first kappa shape index (κ1) is 15.5. The predicted molar refractivity (Wildman–Crippen MR) is 76.6 cm³/mol. The van der Waals surface area contributed by atoms with Crippen molar-refractivity contribution in [1.29, 1.82) is 0 Å². The predicted octanol–water partition coefficient (Wildman–Crippen LogP) is 4.61. The van der Waals surface area contributed by atoms with Gasteiger partial charge in [-0.15, -0.1) is 0 Å². The zero-order valence-electron chi connectivity index (χ0n) is 12.4. The lowest BCUT2D eigenvalue weighted by Crippen LogP contribution is -2.38.